The maximum atomic E-state index is 12.3. The Morgan fingerprint density at radius 3 is 2.41 bits per heavy atom. The second-order valence-electron chi connectivity index (χ2n) is 8.50. The average Bonchev–Trinajstić information content (AvgIpc) is 3.74. The molecule has 3 amide bonds. The second kappa shape index (κ2) is 8.74. The molecule has 168 valence electrons. The third kappa shape index (κ3) is 4.52. The lowest BCUT2D eigenvalue weighted by molar-refractivity contribution is -0.117. The summed E-state index contributed by atoms with van der Waals surface area (Å²) in [4.78, 5) is 38.0. The van der Waals surface area contributed by atoms with Gasteiger partial charge in [0, 0.05) is 49.4 Å². The van der Waals surface area contributed by atoms with Crippen LogP contribution >= 0.6 is 0 Å². The first-order valence-corrected chi connectivity index (χ1v) is 11.3. The predicted octanol–water partition coefficient (Wildman–Crippen LogP) is 2.64. The summed E-state index contributed by atoms with van der Waals surface area (Å²) in [5.41, 5.74) is 1.68. The molecule has 0 unspecified atom stereocenters. The zero-order chi connectivity index (χ0) is 22.1. The normalized spacial score (nSPS) is 18.2. The molecule has 32 heavy (non-hydrogen) atoms. The van der Waals surface area contributed by atoms with E-state index < -0.39 is 0 Å². The Bertz CT molecular complexity index is 997. The van der Waals surface area contributed by atoms with E-state index in [0.717, 1.165) is 55.8 Å². The minimum atomic E-state index is -0.101. The number of hydrogen-bond donors (Lipinski definition) is 2. The molecule has 9 heteroatoms. The smallest absolute Gasteiger partial charge is 0.321 e. The van der Waals surface area contributed by atoms with Gasteiger partial charge in [-0.1, -0.05) is 0 Å². The standard InChI is InChI=1S/C23H28N6O3/c1-24-23(31)29(18-8-9-18)17-6-4-15(5-7-17)21-25-19(26-22(30)16-2-3-16)14-20(27-21)28-10-12-32-13-11-28/h4-7,14,16,18H,2-3,8-13H2,1H3,(H,24,31)(H,25,26,27,30). The fraction of sp³-hybridized carbons (Fsp3) is 0.478. The van der Waals surface area contributed by atoms with E-state index in [2.05, 4.69) is 20.5 Å². The summed E-state index contributed by atoms with van der Waals surface area (Å²) in [6, 6.07) is 9.70. The molecule has 1 aliphatic heterocycles. The average molecular weight is 437 g/mol. The molecule has 0 bridgehead atoms. The van der Waals surface area contributed by atoms with Crippen molar-refractivity contribution in [2.45, 2.75) is 31.7 Å². The van der Waals surface area contributed by atoms with Gasteiger partial charge in [0.05, 0.1) is 13.2 Å². The van der Waals surface area contributed by atoms with Crippen molar-refractivity contribution in [1.29, 1.82) is 0 Å². The van der Waals surface area contributed by atoms with Crippen LogP contribution in [0.1, 0.15) is 25.7 Å². The van der Waals surface area contributed by atoms with Crippen molar-refractivity contribution < 1.29 is 14.3 Å². The molecule has 3 aliphatic rings. The molecule has 1 saturated heterocycles. The molecule has 0 radical (unpaired) electrons. The third-order valence-electron chi connectivity index (χ3n) is 6.00. The summed E-state index contributed by atoms with van der Waals surface area (Å²) in [7, 11) is 1.65. The minimum Gasteiger partial charge on any atom is -0.378 e. The van der Waals surface area contributed by atoms with Gasteiger partial charge in [-0.15, -0.1) is 0 Å². The molecule has 0 atom stereocenters. The fourth-order valence-electron chi connectivity index (χ4n) is 3.87. The van der Waals surface area contributed by atoms with Gasteiger partial charge in [0.2, 0.25) is 5.91 Å². The summed E-state index contributed by atoms with van der Waals surface area (Å²) >= 11 is 0. The van der Waals surface area contributed by atoms with Crippen LogP contribution in [0.4, 0.5) is 22.1 Å². The van der Waals surface area contributed by atoms with E-state index in [1.807, 2.05) is 30.3 Å². The second-order valence-corrected chi connectivity index (χ2v) is 8.50. The predicted molar refractivity (Wildman–Crippen MR) is 122 cm³/mol. The van der Waals surface area contributed by atoms with Gasteiger partial charge in [0.1, 0.15) is 11.6 Å². The van der Waals surface area contributed by atoms with Crippen LogP contribution in [0.2, 0.25) is 0 Å². The van der Waals surface area contributed by atoms with Crippen LogP contribution in [0, 0.1) is 5.92 Å². The number of morpholine rings is 1. The number of anilines is 3. The van der Waals surface area contributed by atoms with E-state index in [9.17, 15) is 9.59 Å². The summed E-state index contributed by atoms with van der Waals surface area (Å²) in [6.07, 6.45) is 3.91. The number of rotatable bonds is 6. The molecule has 2 heterocycles. The summed E-state index contributed by atoms with van der Waals surface area (Å²) < 4.78 is 5.47. The van der Waals surface area contributed by atoms with E-state index in [4.69, 9.17) is 9.72 Å². The van der Waals surface area contributed by atoms with Gasteiger partial charge in [-0.3, -0.25) is 9.69 Å². The number of hydrogen-bond acceptors (Lipinski definition) is 6. The van der Waals surface area contributed by atoms with E-state index in [1.165, 1.54) is 0 Å². The third-order valence-corrected chi connectivity index (χ3v) is 6.00. The van der Waals surface area contributed by atoms with Crippen LogP contribution < -0.4 is 20.4 Å². The van der Waals surface area contributed by atoms with E-state index in [-0.39, 0.29) is 23.9 Å². The number of nitrogens with zero attached hydrogens (tertiary/aromatic N) is 4. The van der Waals surface area contributed by atoms with Crippen LogP contribution in [-0.2, 0) is 9.53 Å². The lowest BCUT2D eigenvalue weighted by Crippen LogP contribution is -2.39. The lowest BCUT2D eigenvalue weighted by atomic mass is 10.1. The highest BCUT2D eigenvalue weighted by molar-refractivity contribution is 5.94. The van der Waals surface area contributed by atoms with Crippen molar-refractivity contribution in [1.82, 2.24) is 15.3 Å². The molecular weight excluding hydrogens is 408 g/mol. The minimum absolute atomic E-state index is 0.0172. The lowest BCUT2D eigenvalue weighted by Gasteiger charge is -2.28. The molecule has 2 aromatic rings. The molecule has 2 N–H and O–H groups in total. The first-order valence-electron chi connectivity index (χ1n) is 11.3. The van der Waals surface area contributed by atoms with Gasteiger partial charge in [0.15, 0.2) is 5.82 Å². The number of carbonyl (C=O) groups is 2. The molecule has 0 spiro atoms. The van der Waals surface area contributed by atoms with Crippen molar-refractivity contribution >= 4 is 29.3 Å². The van der Waals surface area contributed by atoms with Crippen LogP contribution in [0.5, 0.6) is 0 Å². The molecule has 5 rings (SSSR count). The SMILES string of the molecule is CNC(=O)N(c1ccc(-c2nc(NC(=O)C3CC3)cc(N3CCOCC3)n2)cc1)C1CC1. The van der Waals surface area contributed by atoms with Gasteiger partial charge in [-0.25, -0.2) is 14.8 Å². The number of aromatic nitrogens is 2. The largest absolute Gasteiger partial charge is 0.378 e. The highest BCUT2D eigenvalue weighted by Crippen LogP contribution is 2.33. The first-order chi connectivity index (χ1) is 15.6. The number of carbonyl (C=O) groups excluding carboxylic acids is 2. The van der Waals surface area contributed by atoms with E-state index in [1.54, 1.807) is 11.9 Å². The van der Waals surface area contributed by atoms with Crippen LogP contribution in [0.15, 0.2) is 30.3 Å². The molecule has 1 aromatic carbocycles. The molecule has 3 fully saturated rings. The Hall–Kier alpha value is -3.20. The Kier molecular flexibility index (Phi) is 5.65. The molecule has 2 saturated carbocycles. The number of urea groups is 1. The molecular formula is C23H28N6O3. The van der Waals surface area contributed by atoms with Crippen LogP contribution in [-0.4, -0.2) is 61.3 Å². The molecule has 9 nitrogen and oxygen atoms in total. The van der Waals surface area contributed by atoms with Crippen LogP contribution in [0.3, 0.4) is 0 Å². The maximum Gasteiger partial charge on any atom is 0.321 e. The molecule has 2 aliphatic carbocycles. The zero-order valence-corrected chi connectivity index (χ0v) is 18.2. The Balaban J connectivity index is 1.44. The Morgan fingerprint density at radius 2 is 1.78 bits per heavy atom. The fourth-order valence-corrected chi connectivity index (χ4v) is 3.87. The Labute approximate surface area is 187 Å². The topological polar surface area (TPSA) is 99.7 Å². The van der Waals surface area contributed by atoms with Gasteiger partial charge in [-0.2, -0.15) is 0 Å². The Morgan fingerprint density at radius 1 is 1.06 bits per heavy atom. The van der Waals surface area contributed by atoms with Gasteiger partial charge < -0.3 is 20.3 Å². The first kappa shape index (κ1) is 20.7. The zero-order valence-electron chi connectivity index (χ0n) is 18.2. The maximum absolute atomic E-state index is 12.3. The number of benzene rings is 1. The molecule has 1 aromatic heterocycles. The van der Waals surface area contributed by atoms with E-state index in [0.29, 0.717) is 24.9 Å². The number of ether oxygens (including phenoxy) is 1. The summed E-state index contributed by atoms with van der Waals surface area (Å²) in [5.74, 6) is 1.95. The summed E-state index contributed by atoms with van der Waals surface area (Å²) in [6.45, 7) is 2.78. The van der Waals surface area contributed by atoms with Crippen molar-refractivity contribution in [3.8, 4) is 11.4 Å². The van der Waals surface area contributed by atoms with Crippen molar-refractivity contribution in [2.75, 3.05) is 48.5 Å². The van der Waals surface area contributed by atoms with Crippen molar-refractivity contribution in [3.05, 3.63) is 30.3 Å². The van der Waals surface area contributed by atoms with Gasteiger partial charge >= 0.3 is 6.03 Å². The monoisotopic (exact) mass is 436 g/mol. The van der Waals surface area contributed by atoms with Crippen molar-refractivity contribution in [3.63, 3.8) is 0 Å². The summed E-state index contributed by atoms with van der Waals surface area (Å²) in [5, 5.41) is 5.68. The quantitative estimate of drug-likeness (QED) is 0.722. The highest BCUT2D eigenvalue weighted by Gasteiger charge is 2.33. The number of amides is 3. The van der Waals surface area contributed by atoms with Gasteiger partial charge in [0.25, 0.3) is 0 Å². The van der Waals surface area contributed by atoms with E-state index >= 15 is 0 Å². The number of nitrogens with one attached hydrogen (secondary N) is 2. The highest BCUT2D eigenvalue weighted by atomic mass is 16.5. The van der Waals surface area contributed by atoms with Crippen molar-refractivity contribution in [2.24, 2.45) is 5.92 Å². The van der Waals surface area contributed by atoms with Crippen LogP contribution in [0.25, 0.3) is 11.4 Å². The van der Waals surface area contributed by atoms with Gasteiger partial charge in [-0.05, 0) is 49.9 Å².